The van der Waals surface area contributed by atoms with Crippen LogP contribution in [0.25, 0.3) is 15.9 Å². The summed E-state index contributed by atoms with van der Waals surface area (Å²) in [5, 5.41) is 8.58. The number of rotatable bonds is 4. The van der Waals surface area contributed by atoms with Gasteiger partial charge in [-0.2, -0.15) is 5.10 Å². The van der Waals surface area contributed by atoms with Gasteiger partial charge in [-0.25, -0.2) is 4.68 Å². The Morgan fingerprint density at radius 3 is 2.76 bits per heavy atom. The molecule has 0 aliphatic carbocycles. The Hall–Kier alpha value is -2.86. The van der Waals surface area contributed by atoms with Gasteiger partial charge in [-0.1, -0.05) is 18.2 Å². The van der Waals surface area contributed by atoms with Crippen molar-refractivity contribution in [3.05, 3.63) is 71.1 Å². The zero-order chi connectivity index (χ0) is 17.4. The van der Waals surface area contributed by atoms with Crippen LogP contribution < -0.4 is 5.32 Å². The predicted octanol–water partition coefficient (Wildman–Crippen LogP) is 4.48. The number of nitrogens with one attached hydrogen (secondary N) is 1. The second kappa shape index (κ2) is 6.22. The molecule has 4 aromatic rings. The second-order valence-electron chi connectivity index (χ2n) is 5.87. The van der Waals surface area contributed by atoms with Crippen molar-refractivity contribution in [1.29, 1.82) is 0 Å². The molecule has 0 aliphatic rings. The zero-order valence-corrected chi connectivity index (χ0v) is 14.7. The average Bonchev–Trinajstić information content (AvgIpc) is 3.33. The van der Waals surface area contributed by atoms with E-state index in [2.05, 4.69) is 10.4 Å². The van der Waals surface area contributed by atoms with Crippen LogP contribution in [0.3, 0.4) is 0 Å². The summed E-state index contributed by atoms with van der Waals surface area (Å²) in [4.78, 5) is 14.2. The largest absolute Gasteiger partial charge is 0.467 e. The van der Waals surface area contributed by atoms with Crippen molar-refractivity contribution in [3.8, 4) is 5.69 Å². The number of fused-ring (bicyclic) bond motifs is 1. The smallest absolute Gasteiger partial charge is 0.262 e. The van der Waals surface area contributed by atoms with Gasteiger partial charge in [0.1, 0.15) is 10.6 Å². The van der Waals surface area contributed by atoms with E-state index in [1.54, 1.807) is 6.26 Å². The van der Waals surface area contributed by atoms with E-state index in [0.717, 1.165) is 27.4 Å². The third-order valence-corrected chi connectivity index (χ3v) is 5.20. The van der Waals surface area contributed by atoms with Crippen LogP contribution >= 0.6 is 11.3 Å². The fraction of sp³-hybridized carbons (Fsp3) is 0.158. The normalized spacial score (nSPS) is 12.4. The van der Waals surface area contributed by atoms with Gasteiger partial charge in [0.05, 0.1) is 28.6 Å². The van der Waals surface area contributed by atoms with Crippen molar-refractivity contribution in [2.24, 2.45) is 0 Å². The molecule has 4 rings (SSSR count). The Morgan fingerprint density at radius 2 is 2.04 bits per heavy atom. The molecular formula is C19H17N3O2S. The number of carbonyl (C=O) groups is 1. The molecule has 6 heteroatoms. The van der Waals surface area contributed by atoms with Crippen LogP contribution in [0.5, 0.6) is 0 Å². The maximum Gasteiger partial charge on any atom is 0.262 e. The molecule has 3 heterocycles. The third-order valence-electron chi connectivity index (χ3n) is 4.09. The summed E-state index contributed by atoms with van der Waals surface area (Å²) in [6, 6.07) is 15.3. The van der Waals surface area contributed by atoms with Crippen LogP contribution in [0.1, 0.15) is 34.1 Å². The van der Waals surface area contributed by atoms with Gasteiger partial charge in [-0.15, -0.1) is 11.3 Å². The van der Waals surface area contributed by atoms with Gasteiger partial charge < -0.3 is 9.73 Å². The standard InChI is InChI=1S/C19H17N3O2S/c1-12-15-11-17(18(23)20-13(2)16-9-6-10-24-16)25-19(15)22(21-12)14-7-4-3-5-8-14/h3-11,13H,1-2H3,(H,20,23)/t13-/m1/s1. The Bertz CT molecular complexity index is 1020. The second-order valence-corrected chi connectivity index (χ2v) is 6.90. The van der Waals surface area contributed by atoms with Gasteiger partial charge in [0.2, 0.25) is 0 Å². The molecule has 3 aromatic heterocycles. The highest BCUT2D eigenvalue weighted by molar-refractivity contribution is 7.20. The molecule has 1 atom stereocenters. The number of para-hydroxylation sites is 1. The summed E-state index contributed by atoms with van der Waals surface area (Å²) in [5.74, 6) is 0.630. The molecule has 0 saturated heterocycles. The number of thiophene rings is 1. The molecule has 25 heavy (non-hydrogen) atoms. The Kier molecular flexibility index (Phi) is 3.89. The van der Waals surface area contributed by atoms with E-state index >= 15 is 0 Å². The van der Waals surface area contributed by atoms with Crippen LogP contribution in [0, 0.1) is 6.92 Å². The number of aryl methyl sites for hydroxylation is 1. The Balaban J connectivity index is 1.66. The van der Waals surface area contributed by atoms with Crippen LogP contribution in [0.4, 0.5) is 0 Å². The van der Waals surface area contributed by atoms with Gasteiger partial charge in [0.25, 0.3) is 5.91 Å². The third kappa shape index (κ3) is 2.85. The average molecular weight is 351 g/mol. The molecule has 0 aliphatic heterocycles. The number of aromatic nitrogens is 2. The lowest BCUT2D eigenvalue weighted by atomic mass is 10.2. The fourth-order valence-corrected chi connectivity index (χ4v) is 3.87. The van der Waals surface area contributed by atoms with E-state index in [1.807, 2.05) is 67.1 Å². The monoisotopic (exact) mass is 351 g/mol. The topological polar surface area (TPSA) is 60.1 Å². The van der Waals surface area contributed by atoms with Gasteiger partial charge in [0.15, 0.2) is 0 Å². The summed E-state index contributed by atoms with van der Waals surface area (Å²) >= 11 is 1.44. The summed E-state index contributed by atoms with van der Waals surface area (Å²) in [5.41, 5.74) is 1.89. The van der Waals surface area contributed by atoms with Crippen LogP contribution in [-0.4, -0.2) is 15.7 Å². The summed E-state index contributed by atoms with van der Waals surface area (Å²) in [6.45, 7) is 3.86. The maximum atomic E-state index is 12.6. The van der Waals surface area contributed by atoms with Gasteiger partial charge in [0, 0.05) is 5.39 Å². The van der Waals surface area contributed by atoms with Gasteiger partial charge >= 0.3 is 0 Å². The first-order valence-corrected chi connectivity index (χ1v) is 8.84. The van der Waals surface area contributed by atoms with E-state index in [1.165, 1.54) is 11.3 Å². The highest BCUT2D eigenvalue weighted by atomic mass is 32.1. The molecule has 126 valence electrons. The van der Waals surface area contributed by atoms with Gasteiger partial charge in [-0.05, 0) is 44.2 Å². The molecular weight excluding hydrogens is 334 g/mol. The highest BCUT2D eigenvalue weighted by Crippen LogP contribution is 2.30. The SMILES string of the molecule is Cc1nn(-c2ccccc2)c2sc(C(=O)N[C@H](C)c3ccco3)cc12. The minimum absolute atomic E-state index is 0.107. The van der Waals surface area contributed by atoms with Gasteiger partial charge in [-0.3, -0.25) is 4.79 Å². The quantitative estimate of drug-likeness (QED) is 0.590. The molecule has 1 amide bonds. The van der Waals surface area contributed by atoms with E-state index in [4.69, 9.17) is 4.42 Å². The number of hydrogen-bond acceptors (Lipinski definition) is 4. The summed E-state index contributed by atoms with van der Waals surface area (Å²) < 4.78 is 7.24. The van der Waals surface area contributed by atoms with E-state index in [9.17, 15) is 4.79 Å². The summed E-state index contributed by atoms with van der Waals surface area (Å²) in [6.07, 6.45) is 1.61. The number of nitrogens with zero attached hydrogens (tertiary/aromatic N) is 2. The summed E-state index contributed by atoms with van der Waals surface area (Å²) in [7, 11) is 0. The van der Waals surface area contributed by atoms with E-state index in [0.29, 0.717) is 4.88 Å². The van der Waals surface area contributed by atoms with Crippen molar-refractivity contribution in [1.82, 2.24) is 15.1 Å². The van der Waals surface area contributed by atoms with E-state index in [-0.39, 0.29) is 11.9 Å². The molecule has 0 unspecified atom stereocenters. The van der Waals surface area contributed by atoms with Crippen molar-refractivity contribution in [3.63, 3.8) is 0 Å². The number of furan rings is 1. The fourth-order valence-electron chi connectivity index (χ4n) is 2.78. The Labute approximate surface area is 148 Å². The first-order chi connectivity index (χ1) is 12.1. The first-order valence-electron chi connectivity index (χ1n) is 8.02. The zero-order valence-electron chi connectivity index (χ0n) is 13.9. The van der Waals surface area contributed by atoms with Crippen LogP contribution in [-0.2, 0) is 0 Å². The minimum atomic E-state index is -0.181. The predicted molar refractivity (Wildman–Crippen MR) is 98.3 cm³/mol. The lowest BCUT2D eigenvalue weighted by Crippen LogP contribution is -2.25. The van der Waals surface area contributed by atoms with Crippen molar-refractivity contribution < 1.29 is 9.21 Å². The number of benzene rings is 1. The molecule has 5 nitrogen and oxygen atoms in total. The van der Waals surface area contributed by atoms with Crippen molar-refractivity contribution in [2.45, 2.75) is 19.9 Å². The van der Waals surface area contributed by atoms with E-state index < -0.39 is 0 Å². The maximum absolute atomic E-state index is 12.6. The van der Waals surface area contributed by atoms with Crippen LogP contribution in [0.15, 0.2) is 59.2 Å². The molecule has 1 aromatic carbocycles. The Morgan fingerprint density at radius 1 is 1.24 bits per heavy atom. The lowest BCUT2D eigenvalue weighted by molar-refractivity contribution is 0.0939. The number of hydrogen-bond donors (Lipinski definition) is 1. The lowest BCUT2D eigenvalue weighted by Gasteiger charge is -2.10. The molecule has 0 fully saturated rings. The van der Waals surface area contributed by atoms with Crippen LogP contribution in [0.2, 0.25) is 0 Å². The van der Waals surface area contributed by atoms with Crippen molar-refractivity contribution >= 4 is 27.5 Å². The molecule has 0 radical (unpaired) electrons. The highest BCUT2D eigenvalue weighted by Gasteiger charge is 2.19. The molecule has 0 bridgehead atoms. The minimum Gasteiger partial charge on any atom is -0.467 e. The molecule has 0 saturated carbocycles. The molecule has 0 spiro atoms. The molecule has 1 N–H and O–H groups in total. The van der Waals surface area contributed by atoms with Crippen molar-refractivity contribution in [2.75, 3.05) is 0 Å². The first kappa shape index (κ1) is 15.7. The number of carbonyl (C=O) groups excluding carboxylic acids is 1. The number of amides is 1.